The van der Waals surface area contributed by atoms with Crippen LogP contribution in [0, 0.1) is 17.8 Å². The molecular formula is C18H25NO2. The van der Waals surface area contributed by atoms with Crippen molar-refractivity contribution >= 4 is 0 Å². The molecule has 0 saturated heterocycles. The fourth-order valence-electron chi connectivity index (χ4n) is 2.77. The number of rotatable bonds is 5. The standard InChI is InChI=1S/C18H25NO2/c1-15-9-3-4-10-16(15)19-13-7-8-14-21-18-12-6-5-11-17(18)20-2/h5-6,11-12,15-16,19H,3-4,9-10,13-14H2,1-2H3/t15-,16+/m0/s1. The summed E-state index contributed by atoms with van der Waals surface area (Å²) >= 11 is 0. The van der Waals surface area contributed by atoms with Crippen LogP contribution in [0.4, 0.5) is 0 Å². The Kier molecular flexibility index (Phi) is 6.43. The normalized spacial score (nSPS) is 21.2. The molecule has 1 aliphatic carbocycles. The van der Waals surface area contributed by atoms with E-state index in [0.29, 0.717) is 12.6 Å². The lowest BCUT2D eigenvalue weighted by molar-refractivity contribution is 0.289. The van der Waals surface area contributed by atoms with Crippen LogP contribution in [0.3, 0.4) is 0 Å². The van der Waals surface area contributed by atoms with Crippen molar-refractivity contribution in [2.24, 2.45) is 5.92 Å². The summed E-state index contributed by atoms with van der Waals surface area (Å²) in [6.07, 6.45) is 5.33. The average molecular weight is 287 g/mol. The van der Waals surface area contributed by atoms with Crippen LogP contribution in [0.5, 0.6) is 11.5 Å². The van der Waals surface area contributed by atoms with E-state index in [9.17, 15) is 0 Å². The molecule has 0 aromatic heterocycles. The summed E-state index contributed by atoms with van der Waals surface area (Å²) in [5.74, 6) is 8.44. The molecule has 114 valence electrons. The van der Waals surface area contributed by atoms with Gasteiger partial charge in [0.25, 0.3) is 0 Å². The third kappa shape index (κ3) is 4.99. The van der Waals surface area contributed by atoms with E-state index in [1.807, 2.05) is 24.3 Å². The van der Waals surface area contributed by atoms with Gasteiger partial charge in [-0.1, -0.05) is 43.7 Å². The minimum atomic E-state index is 0.391. The maximum atomic E-state index is 5.61. The van der Waals surface area contributed by atoms with E-state index < -0.39 is 0 Å². The predicted octanol–water partition coefficient (Wildman–Crippen LogP) is 3.25. The lowest BCUT2D eigenvalue weighted by atomic mass is 9.86. The van der Waals surface area contributed by atoms with Crippen molar-refractivity contribution < 1.29 is 9.47 Å². The van der Waals surface area contributed by atoms with Crippen LogP contribution < -0.4 is 14.8 Å². The molecular weight excluding hydrogens is 262 g/mol. The molecule has 0 spiro atoms. The Balaban J connectivity index is 1.69. The number of benzene rings is 1. The first-order chi connectivity index (χ1) is 10.3. The fourth-order valence-corrected chi connectivity index (χ4v) is 2.77. The Hall–Kier alpha value is -1.66. The third-order valence-electron chi connectivity index (χ3n) is 4.06. The molecule has 2 rings (SSSR count). The SMILES string of the molecule is COc1ccccc1OCC#CCN[C@@H]1CCCC[C@@H]1C. The Bertz CT molecular complexity index is 489. The topological polar surface area (TPSA) is 30.5 Å². The second kappa shape index (κ2) is 8.59. The van der Waals surface area contributed by atoms with E-state index in [2.05, 4.69) is 24.1 Å². The van der Waals surface area contributed by atoms with E-state index in [-0.39, 0.29) is 0 Å². The third-order valence-corrected chi connectivity index (χ3v) is 4.06. The summed E-state index contributed by atoms with van der Waals surface area (Å²) in [6.45, 7) is 3.46. The highest BCUT2D eigenvalue weighted by Crippen LogP contribution is 2.25. The molecule has 0 amide bonds. The summed E-state index contributed by atoms with van der Waals surface area (Å²) < 4.78 is 10.8. The van der Waals surface area contributed by atoms with Gasteiger partial charge in [0.1, 0.15) is 6.61 Å². The molecule has 21 heavy (non-hydrogen) atoms. The van der Waals surface area contributed by atoms with Gasteiger partial charge in [0.05, 0.1) is 13.7 Å². The highest BCUT2D eigenvalue weighted by atomic mass is 16.5. The summed E-state index contributed by atoms with van der Waals surface area (Å²) in [6, 6.07) is 8.25. The van der Waals surface area contributed by atoms with Gasteiger partial charge in [0.2, 0.25) is 0 Å². The Morgan fingerprint density at radius 1 is 1.14 bits per heavy atom. The first-order valence-corrected chi connectivity index (χ1v) is 7.76. The molecule has 1 aromatic rings. The monoisotopic (exact) mass is 287 g/mol. The molecule has 1 aliphatic rings. The molecule has 2 atom stereocenters. The van der Waals surface area contributed by atoms with Gasteiger partial charge in [-0.2, -0.15) is 0 Å². The van der Waals surface area contributed by atoms with Crippen molar-refractivity contribution in [1.29, 1.82) is 0 Å². The van der Waals surface area contributed by atoms with Gasteiger partial charge in [-0.05, 0) is 30.9 Å². The van der Waals surface area contributed by atoms with Gasteiger partial charge in [-0.15, -0.1) is 0 Å². The van der Waals surface area contributed by atoms with Crippen LogP contribution in [-0.2, 0) is 0 Å². The van der Waals surface area contributed by atoms with Crippen LogP contribution in [0.2, 0.25) is 0 Å². The number of hydrogen-bond acceptors (Lipinski definition) is 3. The summed E-state index contributed by atoms with van der Waals surface area (Å²) in [5.41, 5.74) is 0. The van der Waals surface area contributed by atoms with Gasteiger partial charge in [-0.3, -0.25) is 0 Å². The van der Waals surface area contributed by atoms with Gasteiger partial charge in [-0.25, -0.2) is 0 Å². The molecule has 1 fully saturated rings. The highest BCUT2D eigenvalue weighted by Gasteiger charge is 2.19. The summed E-state index contributed by atoms with van der Waals surface area (Å²) in [5, 5.41) is 3.54. The van der Waals surface area contributed by atoms with E-state index in [4.69, 9.17) is 9.47 Å². The minimum Gasteiger partial charge on any atom is -0.493 e. The molecule has 3 nitrogen and oxygen atoms in total. The maximum absolute atomic E-state index is 5.61. The van der Waals surface area contributed by atoms with E-state index >= 15 is 0 Å². The van der Waals surface area contributed by atoms with E-state index in [1.54, 1.807) is 7.11 Å². The van der Waals surface area contributed by atoms with Gasteiger partial charge in [0, 0.05) is 6.04 Å². The van der Waals surface area contributed by atoms with Crippen molar-refractivity contribution in [3.05, 3.63) is 24.3 Å². The van der Waals surface area contributed by atoms with E-state index in [0.717, 1.165) is 24.0 Å². The Morgan fingerprint density at radius 2 is 1.90 bits per heavy atom. The van der Waals surface area contributed by atoms with Crippen molar-refractivity contribution in [1.82, 2.24) is 5.32 Å². The summed E-state index contributed by atoms with van der Waals surface area (Å²) in [7, 11) is 1.64. The maximum Gasteiger partial charge on any atom is 0.162 e. The van der Waals surface area contributed by atoms with Crippen LogP contribution in [0.25, 0.3) is 0 Å². The highest BCUT2D eigenvalue weighted by molar-refractivity contribution is 5.39. The zero-order chi connectivity index (χ0) is 14.9. The van der Waals surface area contributed by atoms with Crippen molar-refractivity contribution in [3.63, 3.8) is 0 Å². The number of ether oxygens (including phenoxy) is 2. The zero-order valence-electron chi connectivity index (χ0n) is 13.0. The van der Waals surface area contributed by atoms with Crippen molar-refractivity contribution in [2.75, 3.05) is 20.3 Å². The number of para-hydroxylation sites is 2. The Labute approximate surface area is 128 Å². The molecule has 3 heteroatoms. The number of hydrogen-bond donors (Lipinski definition) is 1. The molecule has 0 bridgehead atoms. The predicted molar refractivity (Wildman–Crippen MR) is 85.7 cm³/mol. The van der Waals surface area contributed by atoms with Crippen molar-refractivity contribution in [2.45, 2.75) is 38.6 Å². The quantitative estimate of drug-likeness (QED) is 0.843. The first kappa shape index (κ1) is 15.7. The van der Waals surface area contributed by atoms with E-state index in [1.165, 1.54) is 25.7 Å². The molecule has 1 N–H and O–H groups in total. The lowest BCUT2D eigenvalue weighted by Crippen LogP contribution is -2.37. The van der Waals surface area contributed by atoms with Crippen LogP contribution in [0.15, 0.2) is 24.3 Å². The first-order valence-electron chi connectivity index (χ1n) is 7.76. The fraction of sp³-hybridized carbons (Fsp3) is 0.556. The molecule has 0 heterocycles. The van der Waals surface area contributed by atoms with Crippen LogP contribution in [-0.4, -0.2) is 26.3 Å². The molecule has 1 saturated carbocycles. The molecule has 0 radical (unpaired) electrons. The lowest BCUT2D eigenvalue weighted by Gasteiger charge is -2.28. The van der Waals surface area contributed by atoms with Gasteiger partial charge in [0.15, 0.2) is 11.5 Å². The van der Waals surface area contributed by atoms with Crippen LogP contribution in [0.1, 0.15) is 32.6 Å². The second-order valence-electron chi connectivity index (χ2n) is 5.54. The number of methoxy groups -OCH3 is 1. The van der Waals surface area contributed by atoms with Gasteiger partial charge >= 0.3 is 0 Å². The van der Waals surface area contributed by atoms with Crippen molar-refractivity contribution in [3.8, 4) is 23.3 Å². The Morgan fingerprint density at radius 3 is 2.67 bits per heavy atom. The largest absolute Gasteiger partial charge is 0.493 e. The minimum absolute atomic E-state index is 0.391. The molecule has 1 aromatic carbocycles. The average Bonchev–Trinajstić information content (AvgIpc) is 2.52. The van der Waals surface area contributed by atoms with Gasteiger partial charge < -0.3 is 14.8 Å². The summed E-state index contributed by atoms with van der Waals surface area (Å²) in [4.78, 5) is 0. The number of nitrogens with one attached hydrogen (secondary N) is 1. The molecule has 0 unspecified atom stereocenters. The second-order valence-corrected chi connectivity index (χ2v) is 5.54. The van der Waals surface area contributed by atoms with Crippen LogP contribution >= 0.6 is 0 Å². The smallest absolute Gasteiger partial charge is 0.162 e. The molecule has 0 aliphatic heterocycles. The zero-order valence-corrected chi connectivity index (χ0v) is 13.0.